The Kier molecular flexibility index (Phi) is 3.71. The predicted octanol–water partition coefficient (Wildman–Crippen LogP) is 5.07. The fraction of sp³-hybridized carbons (Fsp3) is 0.217. The SMILES string of the molecule is Nc1ccccc1Oc1ccc2c(c1)C1CCC2C1Oc1ccccc1N. The van der Waals surface area contributed by atoms with E-state index in [1.807, 2.05) is 54.6 Å². The third kappa shape index (κ3) is 2.69. The van der Waals surface area contributed by atoms with Gasteiger partial charge in [0.05, 0.1) is 11.4 Å². The highest BCUT2D eigenvalue weighted by atomic mass is 16.5. The van der Waals surface area contributed by atoms with Crippen LogP contribution in [0.4, 0.5) is 11.4 Å². The highest BCUT2D eigenvalue weighted by molar-refractivity contribution is 5.56. The molecule has 4 N–H and O–H groups in total. The maximum absolute atomic E-state index is 6.37. The van der Waals surface area contributed by atoms with Crippen LogP contribution in [0.15, 0.2) is 66.7 Å². The zero-order chi connectivity index (χ0) is 18.4. The molecule has 3 atom stereocenters. The lowest BCUT2D eigenvalue weighted by Crippen LogP contribution is -2.20. The van der Waals surface area contributed by atoms with E-state index in [9.17, 15) is 0 Å². The largest absolute Gasteiger partial charge is 0.487 e. The van der Waals surface area contributed by atoms with Crippen LogP contribution >= 0.6 is 0 Å². The molecule has 136 valence electrons. The van der Waals surface area contributed by atoms with Crippen molar-refractivity contribution in [3.63, 3.8) is 0 Å². The summed E-state index contributed by atoms with van der Waals surface area (Å²) in [6.07, 6.45) is 2.43. The number of fused-ring (bicyclic) bond motifs is 5. The number of para-hydroxylation sites is 4. The molecule has 3 aromatic rings. The first-order valence-electron chi connectivity index (χ1n) is 9.38. The topological polar surface area (TPSA) is 70.5 Å². The molecule has 0 saturated heterocycles. The van der Waals surface area contributed by atoms with Gasteiger partial charge in [-0.05, 0) is 60.4 Å². The van der Waals surface area contributed by atoms with Crippen LogP contribution in [-0.4, -0.2) is 6.10 Å². The van der Waals surface area contributed by atoms with Crippen LogP contribution in [0.1, 0.15) is 35.8 Å². The van der Waals surface area contributed by atoms with E-state index in [-0.39, 0.29) is 6.10 Å². The fourth-order valence-electron chi connectivity index (χ4n) is 4.51. The third-order valence-corrected chi connectivity index (χ3v) is 5.77. The van der Waals surface area contributed by atoms with Crippen LogP contribution in [0, 0.1) is 0 Å². The van der Waals surface area contributed by atoms with Gasteiger partial charge in [-0.2, -0.15) is 0 Å². The van der Waals surface area contributed by atoms with E-state index < -0.39 is 0 Å². The molecule has 3 aromatic carbocycles. The lowest BCUT2D eigenvalue weighted by molar-refractivity contribution is 0.187. The molecule has 3 unspecified atom stereocenters. The standard InChI is InChI=1S/C23H22N2O2/c24-19-5-1-3-7-21(19)26-14-9-10-15-16-11-12-17(18(15)13-14)23(16)27-22-8-4-2-6-20(22)25/h1-10,13,16-17,23H,11-12,24-25H2. The monoisotopic (exact) mass is 358 g/mol. The lowest BCUT2D eigenvalue weighted by atomic mass is 9.92. The van der Waals surface area contributed by atoms with Crippen LogP contribution in [-0.2, 0) is 0 Å². The second-order valence-corrected chi connectivity index (χ2v) is 7.34. The maximum Gasteiger partial charge on any atom is 0.150 e. The molecule has 2 bridgehead atoms. The van der Waals surface area contributed by atoms with Gasteiger partial charge in [-0.25, -0.2) is 0 Å². The minimum atomic E-state index is 0.141. The summed E-state index contributed by atoms with van der Waals surface area (Å²) in [5, 5.41) is 0. The molecular weight excluding hydrogens is 336 g/mol. The average Bonchev–Trinajstić information content (AvgIpc) is 3.21. The number of anilines is 2. The van der Waals surface area contributed by atoms with E-state index in [0.717, 1.165) is 24.3 Å². The quantitative estimate of drug-likeness (QED) is 0.639. The Labute approximate surface area is 158 Å². The second-order valence-electron chi connectivity index (χ2n) is 7.34. The van der Waals surface area contributed by atoms with Crippen molar-refractivity contribution in [2.75, 3.05) is 11.5 Å². The summed E-state index contributed by atoms with van der Waals surface area (Å²) in [6.45, 7) is 0. The highest BCUT2D eigenvalue weighted by Gasteiger charge is 2.47. The van der Waals surface area contributed by atoms with Crippen molar-refractivity contribution in [1.29, 1.82) is 0 Å². The van der Waals surface area contributed by atoms with Gasteiger partial charge in [-0.3, -0.25) is 0 Å². The number of hydrogen-bond acceptors (Lipinski definition) is 4. The molecule has 0 spiro atoms. The second kappa shape index (κ2) is 6.23. The molecule has 4 nitrogen and oxygen atoms in total. The summed E-state index contributed by atoms with van der Waals surface area (Å²) < 4.78 is 12.4. The molecular formula is C23H22N2O2. The van der Waals surface area contributed by atoms with E-state index >= 15 is 0 Å². The molecule has 27 heavy (non-hydrogen) atoms. The van der Waals surface area contributed by atoms with Gasteiger partial charge >= 0.3 is 0 Å². The Morgan fingerprint density at radius 3 is 2.04 bits per heavy atom. The minimum absolute atomic E-state index is 0.141. The van der Waals surface area contributed by atoms with E-state index in [1.54, 1.807) is 0 Å². The van der Waals surface area contributed by atoms with Crippen molar-refractivity contribution in [2.45, 2.75) is 30.8 Å². The van der Waals surface area contributed by atoms with Crippen molar-refractivity contribution < 1.29 is 9.47 Å². The number of rotatable bonds is 4. The van der Waals surface area contributed by atoms with E-state index in [1.165, 1.54) is 11.1 Å². The van der Waals surface area contributed by atoms with Gasteiger partial charge in [0.1, 0.15) is 23.4 Å². The van der Waals surface area contributed by atoms with E-state index in [4.69, 9.17) is 20.9 Å². The van der Waals surface area contributed by atoms with Crippen LogP contribution in [0.25, 0.3) is 0 Å². The summed E-state index contributed by atoms with van der Waals surface area (Å²) in [5.41, 5.74) is 16.1. The first-order valence-corrected chi connectivity index (χ1v) is 9.38. The van der Waals surface area contributed by atoms with Gasteiger partial charge in [0.2, 0.25) is 0 Å². The number of nitrogens with two attached hydrogens (primary N) is 2. The van der Waals surface area contributed by atoms with Gasteiger partial charge in [-0.15, -0.1) is 0 Å². The molecule has 0 heterocycles. The summed E-state index contributed by atoms with van der Waals surface area (Å²) >= 11 is 0. The summed E-state index contributed by atoms with van der Waals surface area (Å²) in [7, 11) is 0. The molecule has 0 aromatic heterocycles. The lowest BCUT2D eigenvalue weighted by Gasteiger charge is -2.19. The number of nitrogen functional groups attached to an aromatic ring is 2. The smallest absolute Gasteiger partial charge is 0.150 e. The average molecular weight is 358 g/mol. The van der Waals surface area contributed by atoms with Gasteiger partial charge in [0, 0.05) is 11.8 Å². The molecule has 1 saturated carbocycles. The predicted molar refractivity (Wildman–Crippen MR) is 107 cm³/mol. The molecule has 1 fully saturated rings. The van der Waals surface area contributed by atoms with E-state index in [0.29, 0.717) is 29.0 Å². The Morgan fingerprint density at radius 1 is 0.704 bits per heavy atom. The zero-order valence-electron chi connectivity index (χ0n) is 15.0. The molecule has 5 rings (SSSR count). The van der Waals surface area contributed by atoms with Crippen LogP contribution in [0.2, 0.25) is 0 Å². The molecule has 0 amide bonds. The van der Waals surface area contributed by atoms with Crippen LogP contribution < -0.4 is 20.9 Å². The van der Waals surface area contributed by atoms with Gasteiger partial charge in [-0.1, -0.05) is 30.3 Å². The molecule has 2 aliphatic carbocycles. The number of hydrogen-bond donors (Lipinski definition) is 2. The fourth-order valence-corrected chi connectivity index (χ4v) is 4.51. The van der Waals surface area contributed by atoms with Crippen molar-refractivity contribution in [2.24, 2.45) is 0 Å². The summed E-state index contributed by atoms with van der Waals surface area (Å²) in [6, 6.07) is 21.6. The van der Waals surface area contributed by atoms with E-state index in [2.05, 4.69) is 12.1 Å². The Hall–Kier alpha value is -3.14. The van der Waals surface area contributed by atoms with Gasteiger partial charge < -0.3 is 20.9 Å². The molecule has 4 heteroatoms. The Balaban J connectivity index is 1.42. The number of benzene rings is 3. The van der Waals surface area contributed by atoms with Gasteiger partial charge in [0.25, 0.3) is 0 Å². The van der Waals surface area contributed by atoms with Crippen molar-refractivity contribution in [1.82, 2.24) is 0 Å². The van der Waals surface area contributed by atoms with Crippen molar-refractivity contribution >= 4 is 11.4 Å². The molecule has 0 aliphatic heterocycles. The molecule has 0 radical (unpaired) electrons. The zero-order valence-corrected chi connectivity index (χ0v) is 15.0. The maximum atomic E-state index is 6.37. The molecule has 2 aliphatic rings. The van der Waals surface area contributed by atoms with Crippen LogP contribution in [0.5, 0.6) is 17.2 Å². The van der Waals surface area contributed by atoms with Gasteiger partial charge in [0.15, 0.2) is 0 Å². The highest BCUT2D eigenvalue weighted by Crippen LogP contribution is 2.55. The van der Waals surface area contributed by atoms with Crippen molar-refractivity contribution in [3.8, 4) is 17.2 Å². The first kappa shape index (κ1) is 16.1. The Bertz CT molecular complexity index is 1000. The first-order chi connectivity index (χ1) is 13.2. The normalized spacial score (nSPS) is 22.4. The van der Waals surface area contributed by atoms with Crippen molar-refractivity contribution in [3.05, 3.63) is 77.9 Å². The number of ether oxygens (including phenoxy) is 2. The minimum Gasteiger partial charge on any atom is -0.487 e. The Morgan fingerprint density at radius 2 is 1.33 bits per heavy atom. The summed E-state index contributed by atoms with van der Waals surface area (Å²) in [4.78, 5) is 0. The third-order valence-electron chi connectivity index (χ3n) is 5.77. The van der Waals surface area contributed by atoms with Crippen LogP contribution in [0.3, 0.4) is 0 Å². The summed E-state index contributed by atoms with van der Waals surface area (Å²) in [5.74, 6) is 3.07.